The number of piperazine rings is 1. The third-order valence-electron chi connectivity index (χ3n) is 5.26. The SMILES string of the molecule is C=CC(=O)N1CCN(C(C)=O)[C@@H](c2cc(Cl)cc(-c3cccc(C(=O)NC)c3)c2)C1. The van der Waals surface area contributed by atoms with Gasteiger partial charge in [0.15, 0.2) is 0 Å². The van der Waals surface area contributed by atoms with E-state index < -0.39 is 0 Å². The first-order chi connectivity index (χ1) is 14.3. The minimum absolute atomic E-state index is 0.0613. The molecule has 2 aromatic carbocycles. The van der Waals surface area contributed by atoms with Crippen molar-refractivity contribution in [2.45, 2.75) is 13.0 Å². The second-order valence-electron chi connectivity index (χ2n) is 7.15. The number of carbonyl (C=O) groups is 3. The number of hydrogen-bond acceptors (Lipinski definition) is 3. The lowest BCUT2D eigenvalue weighted by Crippen LogP contribution is -2.51. The molecule has 1 aliphatic rings. The molecule has 1 saturated heterocycles. The second-order valence-corrected chi connectivity index (χ2v) is 7.59. The van der Waals surface area contributed by atoms with Crippen molar-refractivity contribution in [2.75, 3.05) is 26.7 Å². The van der Waals surface area contributed by atoms with Crippen LogP contribution in [0, 0.1) is 0 Å². The van der Waals surface area contributed by atoms with Crippen molar-refractivity contribution in [2.24, 2.45) is 0 Å². The van der Waals surface area contributed by atoms with Gasteiger partial charge < -0.3 is 15.1 Å². The van der Waals surface area contributed by atoms with E-state index in [-0.39, 0.29) is 23.8 Å². The molecular formula is C23H24ClN3O3. The van der Waals surface area contributed by atoms with Gasteiger partial charge in [-0.15, -0.1) is 0 Å². The van der Waals surface area contributed by atoms with E-state index in [1.807, 2.05) is 30.3 Å². The highest BCUT2D eigenvalue weighted by atomic mass is 35.5. The highest BCUT2D eigenvalue weighted by Gasteiger charge is 2.31. The third-order valence-corrected chi connectivity index (χ3v) is 5.48. The molecule has 0 aliphatic carbocycles. The molecule has 0 saturated carbocycles. The third kappa shape index (κ3) is 4.54. The van der Waals surface area contributed by atoms with Crippen LogP contribution >= 0.6 is 11.6 Å². The van der Waals surface area contributed by atoms with Crippen molar-refractivity contribution >= 4 is 29.3 Å². The van der Waals surface area contributed by atoms with Crippen LogP contribution in [-0.2, 0) is 9.59 Å². The standard InChI is InChI=1S/C23H24ClN3O3/c1-4-22(29)26-8-9-27(15(2)28)21(14-26)19-11-18(12-20(24)13-19)16-6-5-7-17(10-16)23(30)25-3/h4-7,10-13,21H,1,8-9,14H2,2-3H3,(H,25,30)/t21-/m1/s1. The number of nitrogens with zero attached hydrogens (tertiary/aromatic N) is 2. The summed E-state index contributed by atoms with van der Waals surface area (Å²) in [6.07, 6.45) is 1.29. The molecule has 1 aliphatic heterocycles. The summed E-state index contributed by atoms with van der Waals surface area (Å²) in [5.41, 5.74) is 3.05. The summed E-state index contributed by atoms with van der Waals surface area (Å²) >= 11 is 6.42. The number of carbonyl (C=O) groups excluding carboxylic acids is 3. The van der Waals surface area contributed by atoms with E-state index in [0.29, 0.717) is 30.2 Å². The largest absolute Gasteiger partial charge is 0.355 e. The molecule has 3 amide bonds. The quantitative estimate of drug-likeness (QED) is 0.764. The summed E-state index contributed by atoms with van der Waals surface area (Å²) in [4.78, 5) is 39.8. The lowest BCUT2D eigenvalue weighted by molar-refractivity contribution is -0.139. The van der Waals surface area contributed by atoms with Crippen molar-refractivity contribution in [3.05, 3.63) is 71.3 Å². The van der Waals surface area contributed by atoms with E-state index in [2.05, 4.69) is 11.9 Å². The summed E-state index contributed by atoms with van der Waals surface area (Å²) in [5.74, 6) is -0.398. The molecule has 0 radical (unpaired) electrons. The maximum absolute atomic E-state index is 12.2. The summed E-state index contributed by atoms with van der Waals surface area (Å²) in [6.45, 7) is 6.35. The molecule has 1 fully saturated rings. The lowest BCUT2D eigenvalue weighted by Gasteiger charge is -2.41. The predicted molar refractivity (Wildman–Crippen MR) is 117 cm³/mol. The Bertz CT molecular complexity index is 1000. The van der Waals surface area contributed by atoms with E-state index in [1.54, 1.807) is 29.0 Å². The molecule has 0 spiro atoms. The molecule has 0 unspecified atom stereocenters. The zero-order valence-electron chi connectivity index (χ0n) is 17.0. The molecule has 1 atom stereocenters. The van der Waals surface area contributed by atoms with Crippen LogP contribution in [0.4, 0.5) is 0 Å². The first-order valence-electron chi connectivity index (χ1n) is 9.65. The second kappa shape index (κ2) is 9.13. The molecule has 1 N–H and O–H groups in total. The van der Waals surface area contributed by atoms with Crippen LogP contribution in [0.1, 0.15) is 28.9 Å². The van der Waals surface area contributed by atoms with E-state index in [9.17, 15) is 14.4 Å². The van der Waals surface area contributed by atoms with Crippen LogP contribution in [-0.4, -0.2) is 54.2 Å². The number of rotatable bonds is 4. The van der Waals surface area contributed by atoms with E-state index >= 15 is 0 Å². The predicted octanol–water partition coefficient (Wildman–Crippen LogP) is 3.28. The zero-order chi connectivity index (χ0) is 21.8. The van der Waals surface area contributed by atoms with Gasteiger partial charge in [0, 0.05) is 44.2 Å². The Kier molecular flexibility index (Phi) is 6.57. The number of hydrogen-bond donors (Lipinski definition) is 1. The van der Waals surface area contributed by atoms with Gasteiger partial charge in [0.05, 0.1) is 6.04 Å². The maximum atomic E-state index is 12.2. The fourth-order valence-electron chi connectivity index (χ4n) is 3.73. The highest BCUT2D eigenvalue weighted by molar-refractivity contribution is 6.31. The first-order valence-corrected chi connectivity index (χ1v) is 10.0. The lowest BCUT2D eigenvalue weighted by atomic mass is 9.96. The van der Waals surface area contributed by atoms with Crippen molar-refractivity contribution in [3.63, 3.8) is 0 Å². The minimum Gasteiger partial charge on any atom is -0.355 e. The van der Waals surface area contributed by atoms with Gasteiger partial charge in [0.25, 0.3) is 5.91 Å². The van der Waals surface area contributed by atoms with Gasteiger partial charge in [0.1, 0.15) is 0 Å². The normalized spacial score (nSPS) is 16.2. The Morgan fingerprint density at radius 1 is 1.13 bits per heavy atom. The van der Waals surface area contributed by atoms with Crippen molar-refractivity contribution in [3.8, 4) is 11.1 Å². The Morgan fingerprint density at radius 2 is 1.90 bits per heavy atom. The van der Waals surface area contributed by atoms with Crippen LogP contribution in [0.3, 0.4) is 0 Å². The Hall–Kier alpha value is -3.12. The van der Waals surface area contributed by atoms with Crippen molar-refractivity contribution in [1.82, 2.24) is 15.1 Å². The molecule has 0 aromatic heterocycles. The van der Waals surface area contributed by atoms with E-state index in [4.69, 9.17) is 11.6 Å². The number of halogens is 1. The maximum Gasteiger partial charge on any atom is 0.251 e. The van der Waals surface area contributed by atoms with Gasteiger partial charge in [-0.25, -0.2) is 0 Å². The Labute approximate surface area is 181 Å². The van der Waals surface area contributed by atoms with Gasteiger partial charge >= 0.3 is 0 Å². The fourth-order valence-corrected chi connectivity index (χ4v) is 3.97. The summed E-state index contributed by atoms with van der Waals surface area (Å²) in [5, 5.41) is 3.14. The van der Waals surface area contributed by atoms with Crippen LogP contribution in [0.5, 0.6) is 0 Å². The first kappa shape index (κ1) is 21.6. The number of benzene rings is 2. The van der Waals surface area contributed by atoms with Crippen LogP contribution in [0.25, 0.3) is 11.1 Å². The van der Waals surface area contributed by atoms with Crippen LogP contribution < -0.4 is 5.32 Å². The van der Waals surface area contributed by atoms with E-state index in [0.717, 1.165) is 16.7 Å². The zero-order valence-corrected chi connectivity index (χ0v) is 17.8. The van der Waals surface area contributed by atoms with Crippen molar-refractivity contribution < 1.29 is 14.4 Å². The average Bonchev–Trinajstić information content (AvgIpc) is 2.77. The average molecular weight is 426 g/mol. The topological polar surface area (TPSA) is 69.7 Å². The minimum atomic E-state index is -0.320. The molecular weight excluding hydrogens is 402 g/mol. The summed E-state index contributed by atoms with van der Waals surface area (Å²) in [6, 6.07) is 12.5. The van der Waals surface area contributed by atoms with Crippen LogP contribution in [0.2, 0.25) is 5.02 Å². The Morgan fingerprint density at radius 3 is 2.57 bits per heavy atom. The van der Waals surface area contributed by atoms with Gasteiger partial charge in [-0.1, -0.05) is 30.3 Å². The fraction of sp³-hybridized carbons (Fsp3) is 0.261. The number of amides is 3. The molecule has 7 heteroatoms. The van der Waals surface area contributed by atoms with Crippen LogP contribution in [0.15, 0.2) is 55.1 Å². The van der Waals surface area contributed by atoms with Gasteiger partial charge in [-0.05, 0) is 53.1 Å². The summed E-state index contributed by atoms with van der Waals surface area (Å²) < 4.78 is 0. The molecule has 3 rings (SSSR count). The molecule has 1 heterocycles. The van der Waals surface area contributed by atoms with Crippen molar-refractivity contribution in [1.29, 1.82) is 0 Å². The van der Waals surface area contributed by atoms with E-state index in [1.165, 1.54) is 13.0 Å². The smallest absolute Gasteiger partial charge is 0.251 e. The molecule has 0 bridgehead atoms. The van der Waals surface area contributed by atoms with Gasteiger partial charge in [0.2, 0.25) is 11.8 Å². The number of nitrogens with one attached hydrogen (secondary N) is 1. The molecule has 2 aromatic rings. The van der Waals surface area contributed by atoms with Gasteiger partial charge in [-0.3, -0.25) is 14.4 Å². The molecule has 30 heavy (non-hydrogen) atoms. The molecule has 6 nitrogen and oxygen atoms in total. The monoisotopic (exact) mass is 425 g/mol. The Balaban J connectivity index is 2.02. The van der Waals surface area contributed by atoms with Gasteiger partial charge in [-0.2, -0.15) is 0 Å². The molecule has 156 valence electrons. The highest BCUT2D eigenvalue weighted by Crippen LogP contribution is 2.32. The summed E-state index contributed by atoms with van der Waals surface area (Å²) in [7, 11) is 1.59.